The van der Waals surface area contributed by atoms with Gasteiger partial charge in [0.1, 0.15) is 11.6 Å². The molecule has 1 saturated heterocycles. The second-order valence-electron chi connectivity index (χ2n) is 11.1. The number of carbonyl (C=O) groups excluding carboxylic acids is 2. The van der Waals surface area contributed by atoms with Gasteiger partial charge in [0, 0.05) is 36.0 Å². The van der Waals surface area contributed by atoms with E-state index in [1.165, 1.54) is 4.31 Å². The van der Waals surface area contributed by atoms with Crippen LogP contribution in [0.15, 0.2) is 107 Å². The van der Waals surface area contributed by atoms with E-state index in [0.717, 1.165) is 21.7 Å². The molecule has 232 valence electrons. The topological polar surface area (TPSA) is 126 Å². The SMILES string of the molecule is CC1=C(C#N)C(=O)N(Cc2ccc(C)cc2)C(=O)/C1=C/c1cn(-c2ccccc2)nc1-c1ccc(S(=O)(=O)N2CCOCC2)cc1. The minimum absolute atomic E-state index is 0.0168. The molecule has 0 bridgehead atoms. The van der Waals surface area contributed by atoms with Gasteiger partial charge in [0.25, 0.3) is 11.8 Å². The van der Waals surface area contributed by atoms with Crippen molar-refractivity contribution >= 4 is 27.9 Å². The number of amides is 2. The molecule has 11 heteroatoms. The molecular weight excluding hydrogens is 602 g/mol. The van der Waals surface area contributed by atoms with Crippen molar-refractivity contribution in [1.29, 1.82) is 5.26 Å². The summed E-state index contributed by atoms with van der Waals surface area (Å²) in [7, 11) is -3.70. The molecule has 0 atom stereocenters. The van der Waals surface area contributed by atoms with E-state index in [4.69, 9.17) is 9.84 Å². The van der Waals surface area contributed by atoms with Crippen LogP contribution in [0.2, 0.25) is 0 Å². The number of nitriles is 1. The Morgan fingerprint density at radius 3 is 2.24 bits per heavy atom. The lowest BCUT2D eigenvalue weighted by molar-refractivity contribution is -0.141. The summed E-state index contributed by atoms with van der Waals surface area (Å²) < 4.78 is 34.9. The monoisotopic (exact) mass is 633 g/mol. The van der Waals surface area contributed by atoms with Gasteiger partial charge >= 0.3 is 0 Å². The van der Waals surface area contributed by atoms with Gasteiger partial charge < -0.3 is 4.74 Å². The molecule has 0 radical (unpaired) electrons. The number of morpholine rings is 1. The number of aryl methyl sites for hydroxylation is 1. The van der Waals surface area contributed by atoms with Crippen molar-refractivity contribution in [2.24, 2.45) is 0 Å². The highest BCUT2D eigenvalue weighted by Crippen LogP contribution is 2.32. The van der Waals surface area contributed by atoms with Gasteiger partial charge in [0.15, 0.2) is 0 Å². The first-order chi connectivity index (χ1) is 22.2. The molecule has 3 heterocycles. The molecule has 1 aromatic heterocycles. The number of imide groups is 1. The maximum Gasteiger partial charge on any atom is 0.271 e. The quantitative estimate of drug-likeness (QED) is 0.214. The highest BCUT2D eigenvalue weighted by Gasteiger charge is 2.36. The highest BCUT2D eigenvalue weighted by molar-refractivity contribution is 7.89. The van der Waals surface area contributed by atoms with Gasteiger partial charge in [0.05, 0.1) is 36.0 Å². The van der Waals surface area contributed by atoms with Crippen molar-refractivity contribution in [3.63, 3.8) is 0 Å². The van der Waals surface area contributed by atoms with E-state index in [1.54, 1.807) is 48.1 Å². The van der Waals surface area contributed by atoms with Crippen molar-refractivity contribution < 1.29 is 22.7 Å². The summed E-state index contributed by atoms with van der Waals surface area (Å²) in [4.78, 5) is 28.4. The second kappa shape index (κ2) is 12.7. The summed E-state index contributed by atoms with van der Waals surface area (Å²) in [5, 5.41) is 14.7. The molecule has 2 amide bonds. The molecule has 10 nitrogen and oxygen atoms in total. The predicted molar refractivity (Wildman–Crippen MR) is 172 cm³/mol. The number of rotatable bonds is 7. The number of hydrogen-bond donors (Lipinski definition) is 0. The predicted octanol–water partition coefficient (Wildman–Crippen LogP) is 4.66. The maximum atomic E-state index is 13.9. The Morgan fingerprint density at radius 2 is 1.59 bits per heavy atom. The lowest BCUT2D eigenvalue weighted by Crippen LogP contribution is -2.42. The van der Waals surface area contributed by atoms with Gasteiger partial charge in [-0.2, -0.15) is 14.7 Å². The summed E-state index contributed by atoms with van der Waals surface area (Å²) in [6.07, 6.45) is 3.41. The van der Waals surface area contributed by atoms with E-state index in [2.05, 4.69) is 0 Å². The van der Waals surface area contributed by atoms with Crippen LogP contribution >= 0.6 is 0 Å². The molecule has 0 N–H and O–H groups in total. The van der Waals surface area contributed by atoms with Gasteiger partial charge in [-0.1, -0.05) is 60.2 Å². The fraction of sp³-hybridized carbons (Fsp3) is 0.200. The van der Waals surface area contributed by atoms with E-state index in [-0.39, 0.29) is 41.2 Å². The first kappa shape index (κ1) is 30.9. The van der Waals surface area contributed by atoms with Crippen LogP contribution < -0.4 is 0 Å². The van der Waals surface area contributed by atoms with Crippen molar-refractivity contribution in [2.75, 3.05) is 26.3 Å². The number of benzene rings is 3. The highest BCUT2D eigenvalue weighted by atomic mass is 32.2. The van der Waals surface area contributed by atoms with Crippen LogP contribution in [0.5, 0.6) is 0 Å². The van der Waals surface area contributed by atoms with Crippen LogP contribution in [0.25, 0.3) is 23.0 Å². The van der Waals surface area contributed by atoms with Gasteiger partial charge in [-0.3, -0.25) is 14.5 Å². The van der Waals surface area contributed by atoms with Crippen LogP contribution in [0.3, 0.4) is 0 Å². The van der Waals surface area contributed by atoms with Crippen LogP contribution in [-0.2, 0) is 30.9 Å². The third-order valence-corrected chi connectivity index (χ3v) is 10.00. The van der Waals surface area contributed by atoms with Crippen molar-refractivity contribution in [3.05, 3.63) is 118 Å². The Labute approximate surface area is 267 Å². The zero-order valence-electron chi connectivity index (χ0n) is 25.4. The van der Waals surface area contributed by atoms with Crippen molar-refractivity contribution in [1.82, 2.24) is 19.0 Å². The number of aromatic nitrogens is 2. The Balaban J connectivity index is 1.43. The molecule has 2 aliphatic heterocycles. The second-order valence-corrected chi connectivity index (χ2v) is 13.0. The summed E-state index contributed by atoms with van der Waals surface area (Å²) in [6.45, 7) is 4.84. The molecule has 3 aromatic carbocycles. The van der Waals surface area contributed by atoms with Crippen LogP contribution in [-0.4, -0.2) is 65.5 Å². The lowest BCUT2D eigenvalue weighted by Gasteiger charge is -2.27. The average Bonchev–Trinajstić information content (AvgIpc) is 3.51. The third kappa shape index (κ3) is 5.93. The molecule has 0 unspecified atom stereocenters. The maximum absolute atomic E-state index is 13.9. The van der Waals surface area contributed by atoms with Crippen molar-refractivity contribution in [2.45, 2.75) is 25.3 Å². The summed E-state index contributed by atoms with van der Waals surface area (Å²) >= 11 is 0. The fourth-order valence-corrected chi connectivity index (χ4v) is 6.86. The molecule has 6 rings (SSSR count). The van der Waals surface area contributed by atoms with Crippen LogP contribution in [0.4, 0.5) is 0 Å². The summed E-state index contributed by atoms with van der Waals surface area (Å²) in [5.41, 5.74) is 4.62. The summed E-state index contributed by atoms with van der Waals surface area (Å²) in [5.74, 6) is -1.16. The molecule has 0 saturated carbocycles. The average molecular weight is 634 g/mol. The summed E-state index contributed by atoms with van der Waals surface area (Å²) in [6, 6.07) is 25.4. The van der Waals surface area contributed by atoms with Crippen molar-refractivity contribution in [3.8, 4) is 23.0 Å². The molecule has 0 aliphatic carbocycles. The number of sulfonamides is 1. The minimum Gasteiger partial charge on any atom is -0.379 e. The molecule has 4 aromatic rings. The standard InChI is InChI=1S/C35H31N5O5S/c1-24-8-10-26(11-9-24)22-39-34(41)31(25(2)32(21-36)35(39)42)20-28-23-40(29-6-4-3-5-7-29)37-33(28)27-12-14-30(15-13-27)46(43,44)38-16-18-45-19-17-38/h3-15,20,23H,16-19,22H2,1-2H3/b31-20+. The molecule has 2 aliphatic rings. The van der Waals surface area contributed by atoms with E-state index < -0.39 is 21.8 Å². The van der Waals surface area contributed by atoms with E-state index in [9.17, 15) is 23.3 Å². The lowest BCUT2D eigenvalue weighted by atomic mass is 9.93. The molecular formula is C35H31N5O5S. The minimum atomic E-state index is -3.70. The van der Waals surface area contributed by atoms with Crippen LogP contribution in [0, 0.1) is 18.3 Å². The van der Waals surface area contributed by atoms with Gasteiger partial charge in [-0.15, -0.1) is 0 Å². The number of hydrogen-bond acceptors (Lipinski definition) is 7. The Morgan fingerprint density at radius 1 is 0.913 bits per heavy atom. The normalized spacial score (nSPS) is 17.1. The Bertz CT molecular complexity index is 2020. The fourth-order valence-electron chi connectivity index (χ4n) is 5.46. The first-order valence-electron chi connectivity index (χ1n) is 14.8. The zero-order chi connectivity index (χ0) is 32.4. The van der Waals surface area contributed by atoms with E-state index >= 15 is 0 Å². The number of para-hydroxylation sites is 1. The molecule has 0 spiro atoms. The van der Waals surface area contributed by atoms with Crippen LogP contribution in [0.1, 0.15) is 23.6 Å². The van der Waals surface area contributed by atoms with Gasteiger partial charge in [-0.05, 0) is 55.3 Å². The molecule has 1 fully saturated rings. The first-order valence-corrected chi connectivity index (χ1v) is 16.2. The third-order valence-electron chi connectivity index (χ3n) is 8.09. The molecule has 46 heavy (non-hydrogen) atoms. The largest absolute Gasteiger partial charge is 0.379 e. The zero-order valence-corrected chi connectivity index (χ0v) is 26.2. The number of carbonyl (C=O) groups is 2. The number of nitrogens with zero attached hydrogens (tertiary/aromatic N) is 5. The Kier molecular flexibility index (Phi) is 8.51. The smallest absolute Gasteiger partial charge is 0.271 e. The Hall–Kier alpha value is -5.15. The van der Waals surface area contributed by atoms with E-state index in [1.807, 2.05) is 67.6 Å². The van der Waals surface area contributed by atoms with E-state index in [0.29, 0.717) is 30.0 Å². The van der Waals surface area contributed by atoms with Gasteiger partial charge in [0.2, 0.25) is 10.0 Å². The number of ether oxygens (including phenoxy) is 1. The van der Waals surface area contributed by atoms with Gasteiger partial charge in [-0.25, -0.2) is 13.1 Å².